The molecular weight excluding hydrogens is 479 g/mol. The first kappa shape index (κ1) is 29.1. The van der Waals surface area contributed by atoms with Crippen LogP contribution in [0.4, 0.5) is 14.0 Å². The Morgan fingerprint density at radius 3 is 2.84 bits per heavy atom. The molecule has 0 aliphatic carbocycles. The summed E-state index contributed by atoms with van der Waals surface area (Å²) in [5.74, 6) is 0.111. The molecule has 2 saturated heterocycles. The molecule has 2 fully saturated rings. The van der Waals surface area contributed by atoms with Gasteiger partial charge in [0.05, 0.1) is 19.8 Å². The van der Waals surface area contributed by atoms with Crippen molar-refractivity contribution in [2.45, 2.75) is 50.7 Å². The summed E-state index contributed by atoms with van der Waals surface area (Å²) in [6, 6.07) is 6.37. The Morgan fingerprint density at radius 1 is 1.24 bits per heavy atom. The number of alkyl carbamates (subject to hydrolysis) is 1. The van der Waals surface area contributed by atoms with Gasteiger partial charge in [-0.15, -0.1) is 0 Å². The summed E-state index contributed by atoms with van der Waals surface area (Å²) < 4.78 is 30.6. The average Bonchev–Trinajstić information content (AvgIpc) is 3.15. The number of methoxy groups -OCH3 is 1. The lowest BCUT2D eigenvalue weighted by Crippen LogP contribution is -2.50. The zero-order valence-corrected chi connectivity index (χ0v) is 22.2. The molecule has 1 aromatic carbocycles. The topological polar surface area (TPSA) is 101 Å². The smallest absolute Gasteiger partial charge is 0.406 e. The van der Waals surface area contributed by atoms with Crippen LogP contribution in [0.5, 0.6) is 0 Å². The molecule has 0 spiro atoms. The van der Waals surface area contributed by atoms with Crippen molar-refractivity contribution < 1.29 is 28.2 Å². The fraction of sp³-hybridized carbons (Fsp3) is 0.704. The number of rotatable bonds is 11. The predicted molar refractivity (Wildman–Crippen MR) is 139 cm³/mol. The molecule has 0 saturated carbocycles. The second-order valence-electron chi connectivity index (χ2n) is 9.99. The summed E-state index contributed by atoms with van der Waals surface area (Å²) in [7, 11) is 3.20. The molecule has 10 heteroatoms. The monoisotopic (exact) mass is 522 g/mol. The van der Waals surface area contributed by atoms with Gasteiger partial charge >= 0.3 is 12.1 Å². The highest BCUT2D eigenvalue weighted by Crippen LogP contribution is 2.33. The van der Waals surface area contributed by atoms with Gasteiger partial charge in [-0.1, -0.05) is 18.6 Å². The van der Waals surface area contributed by atoms with Gasteiger partial charge in [0.1, 0.15) is 5.82 Å². The second kappa shape index (κ2) is 15.7. The first-order valence-corrected chi connectivity index (χ1v) is 13.5. The third-order valence-corrected chi connectivity index (χ3v) is 7.11. The second-order valence-corrected chi connectivity index (χ2v) is 9.99. The molecule has 3 N–H and O–H groups in total. The van der Waals surface area contributed by atoms with Crippen LogP contribution in [0, 0.1) is 17.7 Å². The summed E-state index contributed by atoms with van der Waals surface area (Å²) >= 11 is 0. The lowest BCUT2D eigenvalue weighted by atomic mass is 9.91. The fourth-order valence-electron chi connectivity index (χ4n) is 5.31. The van der Waals surface area contributed by atoms with Crippen molar-refractivity contribution in [3.8, 4) is 0 Å². The molecule has 0 radical (unpaired) electrons. The maximum atomic E-state index is 14.1. The fourth-order valence-corrected chi connectivity index (χ4v) is 5.31. The Bertz CT molecular complexity index is 839. The predicted octanol–water partition coefficient (Wildman–Crippen LogP) is 3.46. The lowest BCUT2D eigenvalue weighted by Gasteiger charge is -2.33. The number of halogens is 1. The van der Waals surface area contributed by atoms with E-state index < -0.39 is 12.2 Å². The number of carbonyl (C=O) groups is 2. The Balaban J connectivity index is 1.66. The molecule has 3 rings (SSSR count). The van der Waals surface area contributed by atoms with E-state index in [1.165, 1.54) is 19.2 Å². The van der Waals surface area contributed by atoms with Gasteiger partial charge in [-0.3, -0.25) is 0 Å². The van der Waals surface area contributed by atoms with Gasteiger partial charge in [0.15, 0.2) is 0 Å². The maximum absolute atomic E-state index is 14.1. The van der Waals surface area contributed by atoms with Crippen LogP contribution < -0.4 is 16.0 Å². The van der Waals surface area contributed by atoms with E-state index in [0.29, 0.717) is 25.6 Å². The van der Waals surface area contributed by atoms with Crippen LogP contribution in [0.3, 0.4) is 0 Å². The maximum Gasteiger partial charge on any atom is 0.406 e. The number of hydrogen-bond donors (Lipinski definition) is 3. The summed E-state index contributed by atoms with van der Waals surface area (Å²) in [5, 5.41) is 9.06. The number of hydrogen-bond acceptors (Lipinski definition) is 6. The summed E-state index contributed by atoms with van der Waals surface area (Å²) in [5.41, 5.74) is 0.732. The third kappa shape index (κ3) is 9.75. The number of likely N-dealkylation sites (tertiary alicyclic amines) is 1. The van der Waals surface area contributed by atoms with E-state index in [-0.39, 0.29) is 37.0 Å². The number of ether oxygens (including phenoxy) is 3. The van der Waals surface area contributed by atoms with Gasteiger partial charge < -0.3 is 35.1 Å². The number of amides is 3. The molecule has 0 bridgehead atoms. The molecular formula is C27H43FN4O5. The zero-order valence-electron chi connectivity index (χ0n) is 22.2. The highest BCUT2D eigenvalue weighted by Gasteiger charge is 2.31. The SMILES string of the molecule is CNCC(CC1CCCOC1)NC(=O)N1CCCCC(C(OCCNC(=O)OC)c2cccc(F)c2)C1. The number of nitrogens with zero attached hydrogens (tertiary/aromatic N) is 1. The van der Waals surface area contributed by atoms with E-state index in [9.17, 15) is 14.0 Å². The Labute approximate surface area is 219 Å². The van der Waals surface area contributed by atoms with Crippen LogP contribution in [-0.4, -0.2) is 83.2 Å². The highest BCUT2D eigenvalue weighted by atomic mass is 19.1. The summed E-state index contributed by atoms with van der Waals surface area (Å²) in [6.45, 7) is 3.96. The van der Waals surface area contributed by atoms with E-state index in [1.54, 1.807) is 6.07 Å². The van der Waals surface area contributed by atoms with Gasteiger partial charge in [-0.2, -0.15) is 0 Å². The minimum atomic E-state index is -0.529. The Morgan fingerprint density at radius 2 is 2.11 bits per heavy atom. The van der Waals surface area contributed by atoms with Crippen LogP contribution in [0.1, 0.15) is 50.2 Å². The minimum Gasteiger partial charge on any atom is -0.453 e. The standard InChI is InChI=1S/C27H43FN4O5/c1-29-17-24(15-20-7-6-13-36-19-20)31-26(33)32-12-4-3-8-22(18-32)25(21-9-5-10-23(28)16-21)37-14-11-30-27(34)35-2/h5,9-10,16,20,22,24-25,29H,3-4,6-8,11-15,17-19H2,1-2H3,(H,30,34)(H,31,33). The molecule has 3 amide bonds. The average molecular weight is 523 g/mol. The number of carbonyl (C=O) groups excluding carboxylic acids is 2. The third-order valence-electron chi connectivity index (χ3n) is 7.11. The van der Waals surface area contributed by atoms with Crippen LogP contribution in [0.15, 0.2) is 24.3 Å². The quantitative estimate of drug-likeness (QED) is 0.385. The van der Waals surface area contributed by atoms with E-state index in [1.807, 2.05) is 18.0 Å². The van der Waals surface area contributed by atoms with Crippen molar-refractivity contribution in [3.05, 3.63) is 35.6 Å². The van der Waals surface area contributed by atoms with Crippen LogP contribution >= 0.6 is 0 Å². The van der Waals surface area contributed by atoms with Crippen LogP contribution in [0.25, 0.3) is 0 Å². The minimum absolute atomic E-state index is 0.0114. The highest BCUT2D eigenvalue weighted by molar-refractivity contribution is 5.74. The molecule has 0 aromatic heterocycles. The van der Waals surface area contributed by atoms with Crippen molar-refractivity contribution in [3.63, 3.8) is 0 Å². The molecule has 37 heavy (non-hydrogen) atoms. The zero-order chi connectivity index (χ0) is 26.5. The van der Waals surface area contributed by atoms with Gasteiger partial charge in [-0.05, 0) is 62.8 Å². The van der Waals surface area contributed by atoms with Gasteiger partial charge in [0.2, 0.25) is 0 Å². The molecule has 1 aromatic rings. The number of benzene rings is 1. The van der Waals surface area contributed by atoms with Crippen molar-refractivity contribution in [1.29, 1.82) is 0 Å². The van der Waals surface area contributed by atoms with Crippen molar-refractivity contribution >= 4 is 12.1 Å². The van der Waals surface area contributed by atoms with Crippen LogP contribution in [-0.2, 0) is 14.2 Å². The molecule has 4 unspecified atom stereocenters. The normalized spacial score (nSPS) is 22.0. The first-order valence-electron chi connectivity index (χ1n) is 13.5. The molecule has 9 nitrogen and oxygen atoms in total. The van der Waals surface area contributed by atoms with E-state index in [2.05, 4.69) is 20.7 Å². The van der Waals surface area contributed by atoms with Crippen molar-refractivity contribution in [1.82, 2.24) is 20.9 Å². The van der Waals surface area contributed by atoms with E-state index >= 15 is 0 Å². The van der Waals surface area contributed by atoms with Crippen molar-refractivity contribution in [2.24, 2.45) is 11.8 Å². The van der Waals surface area contributed by atoms with Gasteiger partial charge in [-0.25, -0.2) is 14.0 Å². The first-order chi connectivity index (χ1) is 18.0. The van der Waals surface area contributed by atoms with Crippen LogP contribution in [0.2, 0.25) is 0 Å². The van der Waals surface area contributed by atoms with Crippen molar-refractivity contribution in [2.75, 3.05) is 60.2 Å². The number of nitrogens with one attached hydrogen (secondary N) is 3. The lowest BCUT2D eigenvalue weighted by molar-refractivity contribution is 0.00389. The van der Waals surface area contributed by atoms with Gasteiger partial charge in [0, 0.05) is 51.4 Å². The number of likely N-dealkylation sites (N-methyl/N-ethyl adjacent to an activating group) is 1. The molecule has 208 valence electrons. The van der Waals surface area contributed by atoms with Gasteiger partial charge in [0.25, 0.3) is 0 Å². The summed E-state index contributed by atoms with van der Waals surface area (Å²) in [6.07, 6.45) is 4.84. The molecule has 4 atom stereocenters. The largest absolute Gasteiger partial charge is 0.453 e. The summed E-state index contributed by atoms with van der Waals surface area (Å²) in [4.78, 5) is 26.7. The Hall–Kier alpha value is -2.43. The van der Waals surface area contributed by atoms with E-state index in [0.717, 1.165) is 57.3 Å². The molecule has 2 aliphatic rings. The van der Waals surface area contributed by atoms with E-state index in [4.69, 9.17) is 9.47 Å². The molecule has 2 aliphatic heterocycles. The number of urea groups is 1. The Kier molecular flexibility index (Phi) is 12.4. The molecule has 2 heterocycles.